The Hall–Kier alpha value is -3.46. The summed E-state index contributed by atoms with van der Waals surface area (Å²) in [4.78, 5) is 12.7. The third kappa shape index (κ3) is 4.03. The van der Waals surface area contributed by atoms with E-state index >= 15 is 0 Å². The number of benzene rings is 3. The minimum atomic E-state index is -5.16. The highest BCUT2D eigenvalue weighted by molar-refractivity contribution is 7.94. The van der Waals surface area contributed by atoms with E-state index in [4.69, 9.17) is 0 Å². The molecule has 0 saturated heterocycles. The van der Waals surface area contributed by atoms with E-state index in [1.54, 1.807) is 6.07 Å². The molecule has 32 heavy (non-hydrogen) atoms. The Labute approximate surface area is 181 Å². The van der Waals surface area contributed by atoms with Gasteiger partial charge in [-0.2, -0.15) is 13.2 Å². The van der Waals surface area contributed by atoms with Gasteiger partial charge >= 0.3 is 12.1 Å². The first-order valence-electron chi connectivity index (χ1n) is 9.36. The van der Waals surface area contributed by atoms with Gasteiger partial charge in [0.1, 0.15) is 5.82 Å². The molecule has 0 bridgehead atoms. The first-order chi connectivity index (χ1) is 15.1. The maximum atomic E-state index is 14.1. The van der Waals surface area contributed by atoms with Gasteiger partial charge in [0.05, 0.1) is 17.1 Å². The summed E-state index contributed by atoms with van der Waals surface area (Å²) in [6.45, 7) is -0.506. The molecule has 1 aliphatic rings. The van der Waals surface area contributed by atoms with Gasteiger partial charge in [-0.1, -0.05) is 42.5 Å². The molecule has 9 heteroatoms. The predicted octanol–water partition coefficient (Wildman–Crippen LogP) is 5.10. The highest BCUT2D eigenvalue weighted by Crippen LogP contribution is 2.40. The van der Waals surface area contributed by atoms with Gasteiger partial charge < -0.3 is 0 Å². The molecule has 0 atom stereocenters. The zero-order chi connectivity index (χ0) is 23.1. The number of fused-ring (bicyclic) bond motifs is 2. The molecule has 0 aromatic heterocycles. The van der Waals surface area contributed by atoms with E-state index in [0.29, 0.717) is 4.90 Å². The highest BCUT2D eigenvalue weighted by atomic mass is 32.2. The van der Waals surface area contributed by atoms with Gasteiger partial charge in [0.2, 0.25) is 0 Å². The fourth-order valence-corrected chi connectivity index (χ4v) is 4.81. The Morgan fingerprint density at radius 2 is 1.56 bits per heavy atom. The number of para-hydroxylation sites is 1. The average molecular weight is 461 g/mol. The van der Waals surface area contributed by atoms with Crippen molar-refractivity contribution >= 4 is 27.0 Å². The first-order valence-corrected chi connectivity index (χ1v) is 10.9. The lowest BCUT2D eigenvalue weighted by atomic mass is 9.96. The van der Waals surface area contributed by atoms with Crippen LogP contribution in [0.1, 0.15) is 16.7 Å². The largest absolute Gasteiger partial charge is 0.471 e. The van der Waals surface area contributed by atoms with Crippen molar-refractivity contribution < 1.29 is 30.8 Å². The molecule has 1 amide bonds. The fraction of sp³-hybridized carbons (Fsp3) is 0.0870. The molecule has 0 saturated carbocycles. The second kappa shape index (κ2) is 7.90. The van der Waals surface area contributed by atoms with Crippen LogP contribution >= 0.6 is 0 Å². The van der Waals surface area contributed by atoms with E-state index < -0.39 is 34.3 Å². The molecule has 0 N–H and O–H groups in total. The van der Waals surface area contributed by atoms with Gasteiger partial charge in [0, 0.05) is 16.5 Å². The summed E-state index contributed by atoms with van der Waals surface area (Å²) in [5, 5.41) is 0.904. The van der Waals surface area contributed by atoms with E-state index in [1.807, 2.05) is 0 Å². The maximum Gasteiger partial charge on any atom is 0.471 e. The molecule has 1 heterocycles. The minimum absolute atomic E-state index is 0.00331. The van der Waals surface area contributed by atoms with Gasteiger partial charge in [-0.05, 0) is 41.5 Å². The monoisotopic (exact) mass is 461 g/mol. The van der Waals surface area contributed by atoms with Crippen LogP contribution in [0.5, 0.6) is 0 Å². The summed E-state index contributed by atoms with van der Waals surface area (Å²) in [6, 6.07) is 16.4. The summed E-state index contributed by atoms with van der Waals surface area (Å²) < 4.78 is 80.2. The predicted molar refractivity (Wildman–Crippen MR) is 111 cm³/mol. The van der Waals surface area contributed by atoms with E-state index in [9.17, 15) is 30.8 Å². The second-order valence-corrected chi connectivity index (χ2v) is 8.89. The summed E-state index contributed by atoms with van der Waals surface area (Å²) in [5.41, 5.74) is 0.204. The van der Waals surface area contributed by atoms with Crippen molar-refractivity contribution in [1.29, 1.82) is 0 Å². The second-order valence-electron chi connectivity index (χ2n) is 7.10. The molecule has 0 spiro atoms. The number of nitrogens with zero attached hydrogens (tertiary/aromatic N) is 1. The lowest BCUT2D eigenvalue weighted by molar-refractivity contribution is -0.170. The van der Waals surface area contributed by atoms with E-state index in [2.05, 4.69) is 0 Å². The fourth-order valence-electron chi connectivity index (χ4n) is 3.57. The zero-order valence-electron chi connectivity index (χ0n) is 16.3. The van der Waals surface area contributed by atoms with Crippen molar-refractivity contribution in [3.63, 3.8) is 0 Å². The van der Waals surface area contributed by atoms with Crippen molar-refractivity contribution in [2.75, 3.05) is 4.90 Å². The molecule has 0 radical (unpaired) electrons. The van der Waals surface area contributed by atoms with Crippen molar-refractivity contribution in [2.45, 2.75) is 17.6 Å². The van der Waals surface area contributed by atoms with Crippen LogP contribution in [-0.4, -0.2) is 20.5 Å². The third-order valence-corrected chi connectivity index (χ3v) is 6.48. The van der Waals surface area contributed by atoms with Crippen LogP contribution in [0.15, 0.2) is 83.1 Å². The van der Waals surface area contributed by atoms with Crippen LogP contribution in [-0.2, 0) is 21.2 Å². The van der Waals surface area contributed by atoms with Crippen LogP contribution in [0.25, 0.3) is 5.57 Å². The van der Waals surface area contributed by atoms with Crippen LogP contribution in [0.2, 0.25) is 0 Å². The summed E-state index contributed by atoms with van der Waals surface area (Å²) in [7, 11) is -4.05. The Bertz CT molecular complexity index is 1330. The molecule has 3 aromatic rings. The molecule has 1 aliphatic heterocycles. The summed E-state index contributed by atoms with van der Waals surface area (Å²) in [5.74, 6) is -2.80. The molecular weight excluding hydrogens is 446 g/mol. The van der Waals surface area contributed by atoms with Crippen molar-refractivity contribution in [3.05, 3.63) is 101 Å². The maximum absolute atomic E-state index is 14.1. The van der Waals surface area contributed by atoms with Gasteiger partial charge in [-0.15, -0.1) is 0 Å². The number of anilines is 1. The number of sulfone groups is 1. The summed E-state index contributed by atoms with van der Waals surface area (Å²) >= 11 is 0. The van der Waals surface area contributed by atoms with Crippen molar-refractivity contribution in [1.82, 2.24) is 0 Å². The molecule has 164 valence electrons. The zero-order valence-corrected chi connectivity index (χ0v) is 17.1. The molecule has 3 aromatic carbocycles. The highest BCUT2D eigenvalue weighted by Gasteiger charge is 2.44. The number of rotatable bonds is 2. The topological polar surface area (TPSA) is 54.5 Å². The van der Waals surface area contributed by atoms with Gasteiger partial charge in [0.15, 0.2) is 9.84 Å². The third-order valence-electron chi connectivity index (χ3n) is 5.01. The molecule has 0 unspecified atom stereocenters. The number of alkyl halides is 3. The van der Waals surface area contributed by atoms with Crippen LogP contribution in [0, 0.1) is 5.82 Å². The normalized spacial score (nSPS) is 15.1. The summed E-state index contributed by atoms with van der Waals surface area (Å²) in [6.07, 6.45) is -5.16. The number of amides is 1. The Morgan fingerprint density at radius 1 is 0.906 bits per heavy atom. The Balaban J connectivity index is 2.02. The molecule has 0 aliphatic carbocycles. The number of carbonyl (C=O) groups excluding carboxylic acids is 1. The lowest BCUT2D eigenvalue weighted by Crippen LogP contribution is -2.40. The van der Waals surface area contributed by atoms with E-state index in [-0.39, 0.29) is 32.8 Å². The number of hydrogen-bond donors (Lipinski definition) is 0. The van der Waals surface area contributed by atoms with E-state index in [0.717, 1.165) is 17.5 Å². The van der Waals surface area contributed by atoms with E-state index in [1.165, 1.54) is 54.6 Å². The Morgan fingerprint density at radius 3 is 2.25 bits per heavy atom. The van der Waals surface area contributed by atoms with Crippen LogP contribution in [0.3, 0.4) is 0 Å². The number of carbonyl (C=O) groups is 1. The average Bonchev–Trinajstić information content (AvgIpc) is 2.88. The molecule has 4 rings (SSSR count). The van der Waals surface area contributed by atoms with Gasteiger partial charge in [-0.3, -0.25) is 9.69 Å². The quantitative estimate of drug-likeness (QED) is 0.499. The number of halogens is 4. The van der Waals surface area contributed by atoms with Gasteiger partial charge in [-0.25, -0.2) is 12.8 Å². The number of hydrogen-bond acceptors (Lipinski definition) is 3. The Kier molecular flexibility index (Phi) is 5.37. The SMILES string of the molecule is O=C(N1Cc2ccc(F)cc2/C(=C/S(=O)(=O)c2ccccc2)c2ccccc21)C(F)(F)F. The molecule has 4 nitrogen and oxygen atoms in total. The minimum Gasteiger partial charge on any atom is -0.300 e. The molecular formula is C23H15F4NO3S. The van der Waals surface area contributed by atoms with Crippen molar-refractivity contribution in [3.8, 4) is 0 Å². The van der Waals surface area contributed by atoms with Crippen LogP contribution in [0.4, 0.5) is 23.2 Å². The smallest absolute Gasteiger partial charge is 0.300 e. The van der Waals surface area contributed by atoms with Gasteiger partial charge in [0.25, 0.3) is 0 Å². The van der Waals surface area contributed by atoms with Crippen molar-refractivity contribution in [2.24, 2.45) is 0 Å². The first kappa shape index (κ1) is 21.8. The van der Waals surface area contributed by atoms with Crippen LogP contribution < -0.4 is 4.90 Å². The molecule has 0 fully saturated rings. The standard InChI is InChI=1S/C23H15F4NO3S/c24-16-11-10-15-13-28(22(29)23(25,26)27)21-9-5-4-8-18(21)20(19(15)12-16)14-32(30,31)17-6-2-1-3-7-17/h1-12,14H,13H2/b20-14+. The lowest BCUT2D eigenvalue weighted by Gasteiger charge is -2.24.